The Hall–Kier alpha value is -3.75. The molecule has 7 rings (SSSR count). The molecule has 3 aromatic carbocycles. The maximum absolute atomic E-state index is 13.4. The fraction of sp³-hybridized carbons (Fsp3) is 0.400. The van der Waals surface area contributed by atoms with Crippen LogP contribution in [0.25, 0.3) is 0 Å². The lowest BCUT2D eigenvalue weighted by Gasteiger charge is -2.60. The molecule has 0 radical (unpaired) electrons. The normalized spacial score (nSPS) is 27.6. The zero-order valence-corrected chi connectivity index (χ0v) is 23.3. The summed E-state index contributed by atoms with van der Waals surface area (Å²) in [6, 6.07) is 22.7. The lowest BCUT2D eigenvalue weighted by Crippen LogP contribution is -2.69. The van der Waals surface area contributed by atoms with Gasteiger partial charge in [-0.15, -0.1) is 0 Å². The van der Waals surface area contributed by atoms with E-state index in [1.54, 1.807) is 6.07 Å². The Kier molecular flexibility index (Phi) is 6.13. The quantitative estimate of drug-likeness (QED) is 0.488. The molecule has 1 spiro atoms. The van der Waals surface area contributed by atoms with Crippen LogP contribution in [0.15, 0.2) is 66.7 Å². The molecule has 5 atom stereocenters. The van der Waals surface area contributed by atoms with Crippen LogP contribution in [0.2, 0.25) is 0 Å². The van der Waals surface area contributed by atoms with Gasteiger partial charge >= 0.3 is 0 Å². The standard InChI is InChI=1S/C35H36N2O3/c1-23-7-6-10-25(21-23)11-16-32(39)36(2)28-13-12-27-29-22-26-30(38)14-15-31-33(26)35(27,34(28)40-31)18-20-37(29)19-17-24-8-4-3-5-9-24/h3-10,14-15,21,27-29,34,38H,12-13,17-20,22H2,1-2H3/t27-,28+,29+,34-,35-/m0/s1. The summed E-state index contributed by atoms with van der Waals surface area (Å²) >= 11 is 0. The summed E-state index contributed by atoms with van der Waals surface area (Å²) in [7, 11) is 1.88. The third-order valence-electron chi connectivity index (χ3n) is 10.1. The molecule has 0 unspecified atom stereocenters. The second-order valence-electron chi connectivity index (χ2n) is 12.1. The van der Waals surface area contributed by atoms with E-state index in [4.69, 9.17) is 4.74 Å². The van der Waals surface area contributed by atoms with Gasteiger partial charge in [-0.1, -0.05) is 48.4 Å². The second kappa shape index (κ2) is 9.71. The number of hydrogen-bond acceptors (Lipinski definition) is 4. The van der Waals surface area contributed by atoms with Crippen LogP contribution in [0.4, 0.5) is 0 Å². The largest absolute Gasteiger partial charge is 0.508 e. The number of phenols is 1. The average Bonchev–Trinajstić information content (AvgIpc) is 3.30. The monoisotopic (exact) mass is 532 g/mol. The molecule has 204 valence electrons. The van der Waals surface area contributed by atoms with Crippen molar-refractivity contribution < 1.29 is 14.6 Å². The highest BCUT2D eigenvalue weighted by Crippen LogP contribution is 2.63. The fourth-order valence-corrected chi connectivity index (χ4v) is 8.29. The van der Waals surface area contributed by atoms with Crippen LogP contribution in [-0.2, 0) is 23.1 Å². The zero-order valence-electron chi connectivity index (χ0n) is 23.3. The first-order valence-corrected chi connectivity index (χ1v) is 14.6. The minimum absolute atomic E-state index is 0.0624. The van der Waals surface area contributed by atoms with E-state index < -0.39 is 0 Å². The van der Waals surface area contributed by atoms with Crippen LogP contribution in [0.1, 0.15) is 47.1 Å². The van der Waals surface area contributed by atoms with Gasteiger partial charge in [0.05, 0.1) is 6.04 Å². The van der Waals surface area contributed by atoms with Gasteiger partial charge in [-0.05, 0) is 86.9 Å². The van der Waals surface area contributed by atoms with Gasteiger partial charge < -0.3 is 14.7 Å². The maximum atomic E-state index is 13.4. The van der Waals surface area contributed by atoms with Crippen molar-refractivity contribution >= 4 is 5.91 Å². The van der Waals surface area contributed by atoms with Crippen LogP contribution in [0.3, 0.4) is 0 Å². The van der Waals surface area contributed by atoms with Crippen molar-refractivity contribution in [2.75, 3.05) is 20.1 Å². The van der Waals surface area contributed by atoms with E-state index in [0.717, 1.165) is 67.6 Å². The van der Waals surface area contributed by atoms with E-state index in [0.29, 0.717) is 17.7 Å². The number of ether oxygens (including phenoxy) is 1. The molecule has 1 saturated carbocycles. The molecular formula is C35H36N2O3. The third-order valence-corrected chi connectivity index (χ3v) is 10.1. The number of hydrogen-bond donors (Lipinski definition) is 1. The number of rotatable bonds is 4. The number of phenolic OH excluding ortho intramolecular Hbond substituents is 1. The zero-order chi connectivity index (χ0) is 27.4. The van der Waals surface area contributed by atoms with Gasteiger partial charge in [0.1, 0.15) is 17.6 Å². The molecule has 4 aliphatic rings. The van der Waals surface area contributed by atoms with Gasteiger partial charge in [-0.25, -0.2) is 0 Å². The van der Waals surface area contributed by atoms with Gasteiger partial charge in [-0.3, -0.25) is 9.69 Å². The smallest absolute Gasteiger partial charge is 0.298 e. The van der Waals surface area contributed by atoms with Crippen molar-refractivity contribution in [3.63, 3.8) is 0 Å². The molecule has 1 saturated heterocycles. The minimum Gasteiger partial charge on any atom is -0.508 e. The summed E-state index contributed by atoms with van der Waals surface area (Å²) in [4.78, 5) is 17.9. The SMILES string of the molecule is Cc1cccc(C#CC(=O)N(C)[C@@H]2CC[C@H]3[C@H]4Cc5c(O)ccc6c5[C@@]3(CCN4CCc3ccccc3)[C@H]2O6)c1. The minimum atomic E-state index is -0.184. The Morgan fingerprint density at radius 1 is 1.12 bits per heavy atom. The van der Waals surface area contributed by atoms with Gasteiger partial charge in [0, 0.05) is 47.7 Å². The van der Waals surface area contributed by atoms with E-state index in [9.17, 15) is 9.90 Å². The van der Waals surface area contributed by atoms with Gasteiger partial charge in [-0.2, -0.15) is 0 Å². The Bertz CT molecular complexity index is 1520. The maximum Gasteiger partial charge on any atom is 0.298 e. The van der Waals surface area contributed by atoms with Crippen LogP contribution < -0.4 is 4.74 Å². The van der Waals surface area contributed by atoms with E-state index in [1.807, 2.05) is 49.2 Å². The number of aryl methyl sites for hydroxylation is 1. The molecular weight excluding hydrogens is 496 g/mol. The molecule has 2 bridgehead atoms. The number of likely N-dealkylation sites (tertiary alicyclic amines) is 1. The summed E-state index contributed by atoms with van der Waals surface area (Å²) in [5.74, 6) is 7.52. The molecule has 0 aromatic heterocycles. The number of likely N-dealkylation sites (N-methyl/N-ethyl adjacent to an activating group) is 1. The molecule has 5 heteroatoms. The van der Waals surface area contributed by atoms with Crippen LogP contribution in [0.5, 0.6) is 11.5 Å². The van der Waals surface area contributed by atoms with E-state index in [1.165, 1.54) is 11.1 Å². The van der Waals surface area contributed by atoms with Gasteiger partial charge in [0.2, 0.25) is 0 Å². The molecule has 2 aliphatic heterocycles. The predicted molar refractivity (Wildman–Crippen MR) is 155 cm³/mol. The summed E-state index contributed by atoms with van der Waals surface area (Å²) in [6.07, 6.45) is 4.65. The van der Waals surface area contributed by atoms with Crippen molar-refractivity contribution in [3.05, 3.63) is 94.5 Å². The van der Waals surface area contributed by atoms with E-state index >= 15 is 0 Å². The molecule has 1 N–H and O–H groups in total. The first-order chi connectivity index (χ1) is 19.5. The Morgan fingerprint density at radius 2 is 1.98 bits per heavy atom. The number of piperidine rings is 1. The Morgan fingerprint density at radius 3 is 2.80 bits per heavy atom. The van der Waals surface area contributed by atoms with Crippen molar-refractivity contribution in [1.82, 2.24) is 9.80 Å². The molecule has 2 aliphatic carbocycles. The number of carbonyl (C=O) groups excluding carboxylic acids is 1. The Labute approximate surface area is 236 Å². The summed E-state index contributed by atoms with van der Waals surface area (Å²) in [5, 5.41) is 11.0. The first kappa shape index (κ1) is 25.2. The van der Waals surface area contributed by atoms with E-state index in [-0.39, 0.29) is 23.5 Å². The first-order valence-electron chi connectivity index (χ1n) is 14.6. The van der Waals surface area contributed by atoms with E-state index in [2.05, 4.69) is 47.1 Å². The summed E-state index contributed by atoms with van der Waals surface area (Å²) in [6.45, 7) is 4.04. The highest BCUT2D eigenvalue weighted by atomic mass is 16.5. The number of aromatic hydroxyl groups is 1. The predicted octanol–water partition coefficient (Wildman–Crippen LogP) is 4.86. The van der Waals surface area contributed by atoms with Crippen LogP contribution in [-0.4, -0.2) is 59.1 Å². The summed E-state index contributed by atoms with van der Waals surface area (Å²) in [5.41, 5.74) is 5.44. The molecule has 2 heterocycles. The molecule has 1 amide bonds. The lowest BCUT2D eigenvalue weighted by atomic mass is 9.51. The van der Waals surface area contributed by atoms with Crippen LogP contribution in [0, 0.1) is 24.7 Å². The molecule has 3 aromatic rings. The summed E-state index contributed by atoms with van der Waals surface area (Å²) < 4.78 is 6.79. The molecule has 40 heavy (non-hydrogen) atoms. The lowest BCUT2D eigenvalue weighted by molar-refractivity contribution is -0.134. The number of nitrogens with zero attached hydrogens (tertiary/aromatic N) is 2. The third kappa shape index (κ3) is 3.92. The van der Waals surface area contributed by atoms with Crippen molar-refractivity contribution in [3.8, 4) is 23.3 Å². The second-order valence-corrected chi connectivity index (χ2v) is 12.1. The molecule has 5 nitrogen and oxygen atoms in total. The van der Waals surface area contributed by atoms with Crippen molar-refractivity contribution in [2.24, 2.45) is 5.92 Å². The van der Waals surface area contributed by atoms with Gasteiger partial charge in [0.15, 0.2) is 0 Å². The molecule has 2 fully saturated rings. The van der Waals surface area contributed by atoms with Crippen LogP contribution >= 0.6 is 0 Å². The van der Waals surface area contributed by atoms with Crippen molar-refractivity contribution in [2.45, 2.75) is 62.6 Å². The number of benzene rings is 3. The number of amides is 1. The van der Waals surface area contributed by atoms with Gasteiger partial charge in [0.25, 0.3) is 5.91 Å². The number of carbonyl (C=O) groups is 1. The fourth-order valence-electron chi connectivity index (χ4n) is 8.29. The highest BCUT2D eigenvalue weighted by Gasteiger charge is 2.66. The Balaban J connectivity index is 1.19. The average molecular weight is 533 g/mol. The topological polar surface area (TPSA) is 53.0 Å². The van der Waals surface area contributed by atoms with Crippen molar-refractivity contribution in [1.29, 1.82) is 0 Å². The highest BCUT2D eigenvalue weighted by molar-refractivity contribution is 5.94.